The fraction of sp³-hybridized carbons (Fsp3) is 0.478. The molecule has 0 spiro atoms. The molecule has 5 heteroatoms. The van der Waals surface area contributed by atoms with E-state index in [2.05, 4.69) is 26.0 Å². The van der Waals surface area contributed by atoms with Crippen molar-refractivity contribution in [3.05, 3.63) is 47.5 Å². The van der Waals surface area contributed by atoms with Crippen LogP contribution < -0.4 is 18.9 Å². The van der Waals surface area contributed by atoms with Crippen LogP contribution in [0.3, 0.4) is 0 Å². The normalized spacial score (nSPS) is 24.1. The third kappa shape index (κ3) is 3.63. The second-order valence-corrected chi connectivity index (χ2v) is 7.14. The predicted molar refractivity (Wildman–Crippen MR) is 109 cm³/mol. The Balaban J connectivity index is 1.94. The Morgan fingerprint density at radius 3 is 1.61 bits per heavy atom. The van der Waals surface area contributed by atoms with E-state index in [0.717, 1.165) is 40.5 Å². The van der Waals surface area contributed by atoms with Crippen LogP contribution in [0.4, 0.5) is 0 Å². The molecule has 5 nitrogen and oxygen atoms in total. The molecule has 0 N–H and O–H groups in total. The van der Waals surface area contributed by atoms with Crippen molar-refractivity contribution in [1.29, 1.82) is 0 Å². The van der Waals surface area contributed by atoms with Crippen LogP contribution in [0.5, 0.6) is 23.0 Å². The largest absolute Gasteiger partial charge is 0.493 e. The molecule has 3 rings (SSSR count). The van der Waals surface area contributed by atoms with Crippen LogP contribution >= 0.6 is 0 Å². The topological polar surface area (TPSA) is 46.2 Å². The first-order valence-electron chi connectivity index (χ1n) is 9.67. The first kappa shape index (κ1) is 20.3. The van der Waals surface area contributed by atoms with E-state index in [-0.39, 0.29) is 12.2 Å². The maximum absolute atomic E-state index is 6.60. The molecule has 4 atom stereocenters. The fourth-order valence-electron chi connectivity index (χ4n) is 4.24. The molecule has 1 aliphatic rings. The molecule has 0 radical (unpaired) electrons. The molecule has 0 amide bonds. The lowest BCUT2D eigenvalue weighted by molar-refractivity contribution is 0.0272. The van der Waals surface area contributed by atoms with Gasteiger partial charge >= 0.3 is 0 Å². The Labute approximate surface area is 167 Å². The standard InChI is InChI=1S/C23H30O5/c1-7-17-14(2)22(15-8-10-18(24-3)20(12-15)26-5)28-23(17)16-9-11-19(25-4)21(13-16)27-6/h8-14,17,22-23H,7H2,1-6H3/t14-,17+,22-,23-/m0/s1. The molecule has 28 heavy (non-hydrogen) atoms. The van der Waals surface area contributed by atoms with Gasteiger partial charge in [-0.05, 0) is 47.2 Å². The van der Waals surface area contributed by atoms with Gasteiger partial charge < -0.3 is 23.7 Å². The van der Waals surface area contributed by atoms with Gasteiger partial charge in [-0.2, -0.15) is 0 Å². The summed E-state index contributed by atoms with van der Waals surface area (Å²) >= 11 is 0. The summed E-state index contributed by atoms with van der Waals surface area (Å²) in [7, 11) is 6.60. The molecule has 2 aromatic rings. The van der Waals surface area contributed by atoms with Crippen molar-refractivity contribution < 1.29 is 23.7 Å². The molecule has 0 aliphatic carbocycles. The van der Waals surface area contributed by atoms with Gasteiger partial charge in [-0.25, -0.2) is 0 Å². The summed E-state index contributed by atoms with van der Waals surface area (Å²) in [5.41, 5.74) is 2.21. The molecular formula is C23H30O5. The summed E-state index contributed by atoms with van der Waals surface area (Å²) in [5.74, 6) is 3.65. The zero-order valence-corrected chi connectivity index (χ0v) is 17.5. The summed E-state index contributed by atoms with van der Waals surface area (Å²) in [5, 5.41) is 0. The number of ether oxygens (including phenoxy) is 5. The van der Waals surface area contributed by atoms with Gasteiger partial charge in [0.2, 0.25) is 0 Å². The zero-order valence-electron chi connectivity index (χ0n) is 17.5. The van der Waals surface area contributed by atoms with Gasteiger partial charge in [0.05, 0.1) is 40.6 Å². The molecule has 1 fully saturated rings. The van der Waals surface area contributed by atoms with Crippen molar-refractivity contribution in [2.75, 3.05) is 28.4 Å². The first-order valence-corrected chi connectivity index (χ1v) is 9.67. The van der Waals surface area contributed by atoms with E-state index in [0.29, 0.717) is 11.8 Å². The average Bonchev–Trinajstić information content (AvgIpc) is 3.08. The third-order valence-electron chi connectivity index (χ3n) is 5.78. The van der Waals surface area contributed by atoms with E-state index in [1.54, 1.807) is 28.4 Å². The fourth-order valence-corrected chi connectivity index (χ4v) is 4.24. The van der Waals surface area contributed by atoms with Crippen molar-refractivity contribution >= 4 is 0 Å². The van der Waals surface area contributed by atoms with Crippen LogP contribution in [-0.2, 0) is 4.74 Å². The van der Waals surface area contributed by atoms with E-state index >= 15 is 0 Å². The Morgan fingerprint density at radius 2 is 1.18 bits per heavy atom. The van der Waals surface area contributed by atoms with Gasteiger partial charge in [0.25, 0.3) is 0 Å². The maximum Gasteiger partial charge on any atom is 0.161 e. The van der Waals surface area contributed by atoms with Gasteiger partial charge in [0, 0.05) is 0 Å². The van der Waals surface area contributed by atoms with E-state index in [1.165, 1.54) is 0 Å². The molecule has 2 aromatic carbocycles. The molecule has 1 aliphatic heterocycles. The second kappa shape index (κ2) is 8.74. The zero-order chi connectivity index (χ0) is 20.3. The molecule has 1 heterocycles. The summed E-state index contributed by atoms with van der Waals surface area (Å²) < 4.78 is 28.3. The Morgan fingerprint density at radius 1 is 0.714 bits per heavy atom. The number of rotatable bonds is 7. The van der Waals surface area contributed by atoms with Crippen molar-refractivity contribution in [2.45, 2.75) is 32.5 Å². The Bertz CT molecular complexity index is 804. The number of methoxy groups -OCH3 is 4. The van der Waals surface area contributed by atoms with Gasteiger partial charge in [0.15, 0.2) is 23.0 Å². The number of benzene rings is 2. The molecule has 1 saturated heterocycles. The van der Waals surface area contributed by atoms with Crippen LogP contribution in [-0.4, -0.2) is 28.4 Å². The van der Waals surface area contributed by atoms with Gasteiger partial charge in [0.1, 0.15) is 0 Å². The lowest BCUT2D eigenvalue weighted by Crippen LogP contribution is -2.13. The summed E-state index contributed by atoms with van der Waals surface area (Å²) in [6.45, 7) is 4.48. The number of hydrogen-bond donors (Lipinski definition) is 0. The molecule has 0 bridgehead atoms. The van der Waals surface area contributed by atoms with Crippen molar-refractivity contribution in [2.24, 2.45) is 11.8 Å². The van der Waals surface area contributed by atoms with Crippen molar-refractivity contribution in [3.63, 3.8) is 0 Å². The quantitative estimate of drug-likeness (QED) is 0.655. The molecular weight excluding hydrogens is 356 g/mol. The molecule has 0 aromatic heterocycles. The minimum absolute atomic E-state index is 0.00194. The third-order valence-corrected chi connectivity index (χ3v) is 5.78. The van der Waals surface area contributed by atoms with Crippen LogP contribution in [0.25, 0.3) is 0 Å². The van der Waals surface area contributed by atoms with Gasteiger partial charge in [-0.1, -0.05) is 32.4 Å². The first-order chi connectivity index (χ1) is 13.6. The van der Waals surface area contributed by atoms with E-state index < -0.39 is 0 Å². The van der Waals surface area contributed by atoms with Gasteiger partial charge in [-0.15, -0.1) is 0 Å². The summed E-state index contributed by atoms with van der Waals surface area (Å²) in [6, 6.07) is 12.1. The molecule has 0 unspecified atom stereocenters. The summed E-state index contributed by atoms with van der Waals surface area (Å²) in [6.07, 6.45) is 1.02. The smallest absolute Gasteiger partial charge is 0.161 e. The Kier molecular flexibility index (Phi) is 6.35. The average molecular weight is 386 g/mol. The van der Waals surface area contributed by atoms with Crippen LogP contribution in [0.1, 0.15) is 43.6 Å². The minimum atomic E-state index is -0.0112. The van der Waals surface area contributed by atoms with Crippen molar-refractivity contribution in [3.8, 4) is 23.0 Å². The van der Waals surface area contributed by atoms with Crippen LogP contribution in [0.2, 0.25) is 0 Å². The lowest BCUT2D eigenvalue weighted by Gasteiger charge is -2.20. The van der Waals surface area contributed by atoms with Crippen LogP contribution in [0, 0.1) is 11.8 Å². The van der Waals surface area contributed by atoms with E-state index in [4.69, 9.17) is 23.7 Å². The predicted octanol–water partition coefficient (Wildman–Crippen LogP) is 5.20. The van der Waals surface area contributed by atoms with Crippen LogP contribution in [0.15, 0.2) is 36.4 Å². The highest BCUT2D eigenvalue weighted by molar-refractivity contribution is 5.45. The van der Waals surface area contributed by atoms with E-state index in [9.17, 15) is 0 Å². The monoisotopic (exact) mass is 386 g/mol. The van der Waals surface area contributed by atoms with Crippen molar-refractivity contribution in [1.82, 2.24) is 0 Å². The second-order valence-electron chi connectivity index (χ2n) is 7.14. The highest BCUT2D eigenvalue weighted by atomic mass is 16.5. The minimum Gasteiger partial charge on any atom is -0.493 e. The SMILES string of the molecule is CC[C@@H]1[C@H](C)[C@@H](c2ccc(OC)c(OC)c2)O[C@H]1c1ccc(OC)c(OC)c1. The highest BCUT2D eigenvalue weighted by Crippen LogP contribution is 2.52. The lowest BCUT2D eigenvalue weighted by atomic mass is 9.82. The Hall–Kier alpha value is -2.40. The van der Waals surface area contributed by atoms with E-state index in [1.807, 2.05) is 24.3 Å². The highest BCUT2D eigenvalue weighted by Gasteiger charge is 2.42. The van der Waals surface area contributed by atoms with Gasteiger partial charge in [-0.3, -0.25) is 0 Å². The maximum atomic E-state index is 6.60. The number of hydrogen-bond acceptors (Lipinski definition) is 5. The molecule has 0 saturated carbocycles. The summed E-state index contributed by atoms with van der Waals surface area (Å²) in [4.78, 5) is 0. The molecule has 152 valence electrons.